The Bertz CT molecular complexity index is 1240. The minimum Gasteiger partial charge on any atom is -0.311 e. The summed E-state index contributed by atoms with van der Waals surface area (Å²) in [7, 11) is 0. The molecule has 0 aliphatic carbocycles. The molecule has 0 spiro atoms. The molecule has 28 heavy (non-hydrogen) atoms. The number of ketones is 1. The minimum absolute atomic E-state index is 0.0430. The number of thioether (sulfide) groups is 1. The second-order valence-electron chi connectivity index (χ2n) is 6.71. The fourth-order valence-electron chi connectivity index (χ4n) is 3.77. The third-order valence-electron chi connectivity index (χ3n) is 5.05. The van der Waals surface area contributed by atoms with Gasteiger partial charge in [0.1, 0.15) is 5.25 Å². The number of carbonyl (C=O) groups excluding carboxylic acids is 1. The molecule has 5 rings (SSSR count). The highest BCUT2D eigenvalue weighted by Crippen LogP contribution is 2.45. The zero-order valence-electron chi connectivity index (χ0n) is 14.9. The van der Waals surface area contributed by atoms with E-state index >= 15 is 0 Å². The van der Waals surface area contributed by atoms with Crippen LogP contribution in [-0.2, 0) is 0 Å². The lowest BCUT2D eigenvalue weighted by atomic mass is 9.96. The summed E-state index contributed by atoms with van der Waals surface area (Å²) < 4.78 is 2.04. The van der Waals surface area contributed by atoms with Crippen LogP contribution in [0, 0.1) is 0 Å². The van der Waals surface area contributed by atoms with Crippen LogP contribution in [0.2, 0.25) is 0 Å². The zero-order chi connectivity index (χ0) is 19.1. The van der Waals surface area contributed by atoms with Gasteiger partial charge in [-0.3, -0.25) is 9.59 Å². The summed E-state index contributed by atoms with van der Waals surface area (Å²) in [6.45, 7) is 0. The van der Waals surface area contributed by atoms with Gasteiger partial charge in [0.05, 0.1) is 16.9 Å². The van der Waals surface area contributed by atoms with Gasteiger partial charge in [-0.05, 0) is 17.7 Å². The third kappa shape index (κ3) is 2.67. The molecule has 0 saturated carbocycles. The first kappa shape index (κ1) is 17.0. The Morgan fingerprint density at radius 2 is 1.50 bits per heavy atom. The molecule has 5 heteroatoms. The second-order valence-corrected chi connectivity index (χ2v) is 7.82. The first-order valence-electron chi connectivity index (χ1n) is 9.06. The van der Waals surface area contributed by atoms with E-state index in [0.717, 1.165) is 11.1 Å². The number of hydrogen-bond acceptors (Lipinski definition) is 4. The molecule has 0 radical (unpaired) electrons. The number of benzene rings is 3. The summed E-state index contributed by atoms with van der Waals surface area (Å²) in [5.41, 5.74) is 2.25. The Morgan fingerprint density at radius 3 is 2.25 bits per heavy atom. The van der Waals surface area contributed by atoms with Gasteiger partial charge in [0.2, 0.25) is 0 Å². The van der Waals surface area contributed by atoms with E-state index in [1.165, 1.54) is 11.8 Å². The van der Waals surface area contributed by atoms with Crippen LogP contribution in [0.4, 0.5) is 0 Å². The molecule has 0 fully saturated rings. The van der Waals surface area contributed by atoms with Crippen molar-refractivity contribution in [3.8, 4) is 0 Å². The molecule has 0 bridgehead atoms. The molecule has 1 aliphatic rings. The normalized spacial score (nSPS) is 18.1. The van der Waals surface area contributed by atoms with Crippen molar-refractivity contribution in [2.24, 2.45) is 0 Å². The van der Waals surface area contributed by atoms with Gasteiger partial charge >= 0.3 is 0 Å². The highest BCUT2D eigenvalue weighted by molar-refractivity contribution is 8.00. The predicted octanol–water partition coefficient (Wildman–Crippen LogP) is 4.34. The van der Waals surface area contributed by atoms with E-state index in [1.54, 1.807) is 6.07 Å². The van der Waals surface area contributed by atoms with Crippen LogP contribution in [0.15, 0.2) is 94.9 Å². The second kappa shape index (κ2) is 6.77. The number of Topliss-reactive ketones (excluding diaryl/α,β-unsaturated/α-hetero) is 1. The van der Waals surface area contributed by atoms with Gasteiger partial charge in [0, 0.05) is 5.56 Å². The molecular formula is C23H16N2O2S. The van der Waals surface area contributed by atoms with E-state index in [4.69, 9.17) is 0 Å². The van der Waals surface area contributed by atoms with Crippen LogP contribution in [0.5, 0.6) is 0 Å². The Labute approximate surface area is 165 Å². The number of fused-ring (bicyclic) bond motifs is 3. The van der Waals surface area contributed by atoms with E-state index < -0.39 is 0 Å². The van der Waals surface area contributed by atoms with Gasteiger partial charge in [-0.25, -0.2) is 0 Å². The minimum atomic E-state index is -0.387. The van der Waals surface area contributed by atoms with Crippen molar-refractivity contribution in [2.45, 2.75) is 16.4 Å². The molecule has 1 aliphatic heterocycles. The Morgan fingerprint density at radius 1 is 0.857 bits per heavy atom. The van der Waals surface area contributed by atoms with E-state index in [9.17, 15) is 9.59 Å². The van der Waals surface area contributed by atoms with Crippen LogP contribution in [0.25, 0.3) is 10.9 Å². The fraction of sp³-hybridized carbons (Fsp3) is 0.0870. The van der Waals surface area contributed by atoms with Crippen molar-refractivity contribution >= 4 is 28.4 Å². The number of nitrogens with zero attached hydrogens (tertiary/aromatic N) is 2. The van der Waals surface area contributed by atoms with Gasteiger partial charge < -0.3 is 4.57 Å². The van der Waals surface area contributed by atoms with Gasteiger partial charge in [-0.15, -0.1) is 0 Å². The molecule has 0 unspecified atom stereocenters. The van der Waals surface area contributed by atoms with Crippen LogP contribution >= 0.6 is 11.8 Å². The van der Waals surface area contributed by atoms with Gasteiger partial charge in [-0.2, -0.15) is 4.98 Å². The first-order chi connectivity index (χ1) is 13.7. The van der Waals surface area contributed by atoms with Crippen LogP contribution in [0.3, 0.4) is 0 Å². The molecule has 3 aromatic carbocycles. The standard InChI is InChI=1S/C23H16N2O2S/c26-20(16-11-5-2-6-12-16)21-19(15-9-3-1-4-10-15)25-18-14-8-7-13-17(18)22(27)24-23(25)28-21/h1-14,19,21H/t19-,21+/m0/s1. The summed E-state index contributed by atoms with van der Waals surface area (Å²) in [6.07, 6.45) is 0. The van der Waals surface area contributed by atoms with Crippen molar-refractivity contribution in [3.63, 3.8) is 0 Å². The maximum atomic E-state index is 13.4. The van der Waals surface area contributed by atoms with Crippen LogP contribution in [0.1, 0.15) is 22.0 Å². The van der Waals surface area contributed by atoms with Crippen molar-refractivity contribution < 1.29 is 4.79 Å². The number of aromatic nitrogens is 2. The molecule has 0 saturated heterocycles. The maximum Gasteiger partial charge on any atom is 0.281 e. The highest BCUT2D eigenvalue weighted by atomic mass is 32.2. The first-order valence-corrected chi connectivity index (χ1v) is 9.94. The SMILES string of the molecule is O=C(c1ccccc1)[C@@H]1Sc2nc(=O)c3ccccc3n2[C@H]1c1ccccc1. The molecule has 4 nitrogen and oxygen atoms in total. The van der Waals surface area contributed by atoms with Gasteiger partial charge in [0.15, 0.2) is 10.9 Å². The van der Waals surface area contributed by atoms with E-state index in [0.29, 0.717) is 16.1 Å². The molecule has 4 aromatic rings. The number of para-hydroxylation sites is 1. The smallest absolute Gasteiger partial charge is 0.281 e. The summed E-state index contributed by atoms with van der Waals surface area (Å²) in [5, 5.41) is 0.773. The Balaban J connectivity index is 1.74. The lowest BCUT2D eigenvalue weighted by Gasteiger charge is -2.22. The summed E-state index contributed by atoms with van der Waals surface area (Å²) in [6, 6.07) is 26.5. The number of hydrogen-bond donors (Lipinski definition) is 0. The topological polar surface area (TPSA) is 52.0 Å². The molecule has 136 valence electrons. The third-order valence-corrected chi connectivity index (χ3v) is 6.28. The van der Waals surface area contributed by atoms with Gasteiger partial charge in [0.25, 0.3) is 5.56 Å². The lowest BCUT2D eigenvalue weighted by Crippen LogP contribution is -2.26. The quantitative estimate of drug-likeness (QED) is 0.389. The van der Waals surface area contributed by atoms with Crippen LogP contribution < -0.4 is 5.56 Å². The van der Waals surface area contributed by atoms with Crippen molar-refractivity contribution in [2.75, 3.05) is 0 Å². The van der Waals surface area contributed by atoms with Crippen molar-refractivity contribution in [1.29, 1.82) is 0 Å². The summed E-state index contributed by atoms with van der Waals surface area (Å²) in [5.74, 6) is 0.0430. The van der Waals surface area contributed by atoms with E-state index in [-0.39, 0.29) is 22.6 Å². The average Bonchev–Trinajstić information content (AvgIpc) is 3.14. The summed E-state index contributed by atoms with van der Waals surface area (Å²) >= 11 is 1.37. The molecule has 2 heterocycles. The highest BCUT2D eigenvalue weighted by Gasteiger charge is 2.40. The largest absolute Gasteiger partial charge is 0.311 e. The van der Waals surface area contributed by atoms with Crippen molar-refractivity contribution in [1.82, 2.24) is 9.55 Å². The van der Waals surface area contributed by atoms with Gasteiger partial charge in [-0.1, -0.05) is 84.6 Å². The van der Waals surface area contributed by atoms with Crippen LogP contribution in [-0.4, -0.2) is 20.6 Å². The average molecular weight is 384 g/mol. The fourth-order valence-corrected chi connectivity index (χ4v) is 5.11. The zero-order valence-corrected chi connectivity index (χ0v) is 15.7. The molecule has 1 aromatic heterocycles. The molecule has 0 N–H and O–H groups in total. The molecule has 0 amide bonds. The van der Waals surface area contributed by atoms with Crippen molar-refractivity contribution in [3.05, 3.63) is 106 Å². The Hall–Kier alpha value is -3.18. The predicted molar refractivity (Wildman–Crippen MR) is 111 cm³/mol. The Kier molecular flexibility index (Phi) is 4.10. The molecule has 2 atom stereocenters. The number of rotatable bonds is 3. The van der Waals surface area contributed by atoms with E-state index in [2.05, 4.69) is 4.98 Å². The lowest BCUT2D eigenvalue weighted by molar-refractivity contribution is 0.0979. The summed E-state index contributed by atoms with van der Waals surface area (Å²) in [4.78, 5) is 30.2. The van der Waals surface area contributed by atoms with E-state index in [1.807, 2.05) is 83.4 Å². The monoisotopic (exact) mass is 384 g/mol. The number of carbonyl (C=O) groups is 1. The maximum absolute atomic E-state index is 13.4. The molecular weight excluding hydrogens is 368 g/mol.